The van der Waals surface area contributed by atoms with Crippen LogP contribution in [-0.4, -0.2) is 0 Å². The molecule has 1 heterocycles. The Morgan fingerprint density at radius 1 is 0.812 bits per heavy atom. The van der Waals surface area contributed by atoms with Gasteiger partial charge < -0.3 is 4.74 Å². The lowest BCUT2D eigenvalue weighted by Crippen LogP contribution is -1.87. The number of aryl methyl sites for hydroxylation is 1. The third-order valence-corrected chi connectivity index (χ3v) is 3.11. The summed E-state index contributed by atoms with van der Waals surface area (Å²) in [6.45, 7) is 2.14. The molecule has 0 radical (unpaired) electrons. The third kappa shape index (κ3) is 1.63. The second-order valence-corrected chi connectivity index (χ2v) is 4.24. The summed E-state index contributed by atoms with van der Waals surface area (Å²) >= 11 is 0. The predicted molar refractivity (Wildman–Crippen MR) is 64.2 cm³/mol. The summed E-state index contributed by atoms with van der Waals surface area (Å²) in [6, 6.07) is 18.9. The van der Waals surface area contributed by atoms with E-state index in [2.05, 4.69) is 55.5 Å². The van der Waals surface area contributed by atoms with Crippen molar-refractivity contribution in [2.24, 2.45) is 0 Å². The van der Waals surface area contributed by atoms with Gasteiger partial charge in [0.2, 0.25) is 0 Å². The molecule has 16 heavy (non-hydrogen) atoms. The Bertz CT molecular complexity index is 490. The molecule has 1 heteroatoms. The van der Waals surface area contributed by atoms with Crippen molar-refractivity contribution in [2.45, 2.75) is 19.1 Å². The summed E-state index contributed by atoms with van der Waals surface area (Å²) in [5.74, 6) is 0. The number of ether oxygens (including phenoxy) is 1. The molecule has 1 fully saturated rings. The maximum absolute atomic E-state index is 5.77. The van der Waals surface area contributed by atoms with Gasteiger partial charge in [-0.2, -0.15) is 0 Å². The zero-order valence-electron chi connectivity index (χ0n) is 9.26. The Morgan fingerprint density at radius 2 is 1.50 bits per heavy atom. The summed E-state index contributed by atoms with van der Waals surface area (Å²) < 4.78 is 5.77. The van der Waals surface area contributed by atoms with Crippen LogP contribution in [0.3, 0.4) is 0 Å². The molecule has 2 atom stereocenters. The number of benzene rings is 2. The van der Waals surface area contributed by atoms with E-state index in [1.165, 1.54) is 16.7 Å². The van der Waals surface area contributed by atoms with Gasteiger partial charge in [0.25, 0.3) is 0 Å². The largest absolute Gasteiger partial charge is 0.359 e. The van der Waals surface area contributed by atoms with Crippen molar-refractivity contribution < 1.29 is 4.74 Å². The van der Waals surface area contributed by atoms with Crippen LogP contribution in [0.25, 0.3) is 0 Å². The number of epoxide rings is 1. The molecule has 1 aliphatic heterocycles. The Balaban J connectivity index is 1.85. The molecule has 0 aliphatic carbocycles. The molecule has 0 saturated carbocycles. The van der Waals surface area contributed by atoms with Crippen molar-refractivity contribution in [2.75, 3.05) is 0 Å². The maximum Gasteiger partial charge on any atom is 0.114 e. The van der Waals surface area contributed by atoms with Crippen LogP contribution in [0.2, 0.25) is 0 Å². The van der Waals surface area contributed by atoms with Crippen LogP contribution in [0.4, 0.5) is 0 Å². The van der Waals surface area contributed by atoms with E-state index in [4.69, 9.17) is 4.74 Å². The second-order valence-electron chi connectivity index (χ2n) is 4.24. The summed E-state index contributed by atoms with van der Waals surface area (Å²) in [7, 11) is 0. The average molecular weight is 210 g/mol. The lowest BCUT2D eigenvalue weighted by molar-refractivity contribution is 0.377. The van der Waals surface area contributed by atoms with E-state index in [0.717, 1.165) is 0 Å². The Hall–Kier alpha value is -1.60. The molecule has 1 saturated heterocycles. The van der Waals surface area contributed by atoms with Crippen molar-refractivity contribution in [1.29, 1.82) is 0 Å². The SMILES string of the molecule is Cc1ccccc1C1OC1c1ccccc1. The number of hydrogen-bond donors (Lipinski definition) is 0. The van der Waals surface area contributed by atoms with Gasteiger partial charge in [-0.25, -0.2) is 0 Å². The van der Waals surface area contributed by atoms with E-state index in [1.807, 2.05) is 6.07 Å². The molecule has 3 rings (SSSR count). The molecule has 0 bridgehead atoms. The highest BCUT2D eigenvalue weighted by Gasteiger charge is 2.41. The van der Waals surface area contributed by atoms with Crippen molar-refractivity contribution in [3.05, 3.63) is 71.3 Å². The van der Waals surface area contributed by atoms with Gasteiger partial charge in [0, 0.05) is 0 Å². The number of hydrogen-bond acceptors (Lipinski definition) is 1. The first-order valence-electron chi connectivity index (χ1n) is 5.62. The predicted octanol–water partition coefficient (Wildman–Crippen LogP) is 3.81. The molecule has 0 aromatic heterocycles. The van der Waals surface area contributed by atoms with Crippen LogP contribution in [0.5, 0.6) is 0 Å². The Labute approximate surface area is 95.7 Å². The van der Waals surface area contributed by atoms with Gasteiger partial charge in [0.05, 0.1) is 0 Å². The quantitative estimate of drug-likeness (QED) is 0.687. The van der Waals surface area contributed by atoms with Crippen LogP contribution in [0.1, 0.15) is 28.9 Å². The summed E-state index contributed by atoms with van der Waals surface area (Å²) in [5, 5.41) is 0. The fraction of sp³-hybridized carbons (Fsp3) is 0.200. The lowest BCUT2D eigenvalue weighted by atomic mass is 10.0. The van der Waals surface area contributed by atoms with Gasteiger partial charge >= 0.3 is 0 Å². The van der Waals surface area contributed by atoms with E-state index in [9.17, 15) is 0 Å². The van der Waals surface area contributed by atoms with Crippen LogP contribution >= 0.6 is 0 Å². The Kier molecular flexibility index (Phi) is 2.26. The zero-order valence-corrected chi connectivity index (χ0v) is 9.26. The maximum atomic E-state index is 5.77. The van der Waals surface area contributed by atoms with E-state index < -0.39 is 0 Å². The molecule has 0 amide bonds. The summed E-state index contributed by atoms with van der Waals surface area (Å²) in [4.78, 5) is 0. The molecule has 80 valence electrons. The monoisotopic (exact) mass is 210 g/mol. The summed E-state index contributed by atoms with van der Waals surface area (Å²) in [5.41, 5.74) is 3.90. The Morgan fingerprint density at radius 3 is 2.25 bits per heavy atom. The first-order chi connectivity index (χ1) is 7.86. The lowest BCUT2D eigenvalue weighted by Gasteiger charge is -2.00. The van der Waals surface area contributed by atoms with Crippen molar-refractivity contribution in [1.82, 2.24) is 0 Å². The van der Waals surface area contributed by atoms with Crippen molar-refractivity contribution in [3.63, 3.8) is 0 Å². The normalized spacial score (nSPS) is 23.1. The number of rotatable bonds is 2. The van der Waals surface area contributed by atoms with E-state index >= 15 is 0 Å². The smallest absolute Gasteiger partial charge is 0.114 e. The van der Waals surface area contributed by atoms with E-state index in [0.29, 0.717) is 0 Å². The molecule has 2 unspecified atom stereocenters. The molecule has 1 nitrogen and oxygen atoms in total. The van der Waals surface area contributed by atoms with E-state index in [-0.39, 0.29) is 12.2 Å². The van der Waals surface area contributed by atoms with Crippen molar-refractivity contribution in [3.8, 4) is 0 Å². The molecule has 0 N–H and O–H groups in total. The van der Waals surface area contributed by atoms with Gasteiger partial charge in [-0.05, 0) is 23.6 Å². The fourth-order valence-corrected chi connectivity index (χ4v) is 2.15. The van der Waals surface area contributed by atoms with Gasteiger partial charge in [0.1, 0.15) is 12.2 Å². The van der Waals surface area contributed by atoms with Gasteiger partial charge in [0.15, 0.2) is 0 Å². The van der Waals surface area contributed by atoms with Crippen LogP contribution < -0.4 is 0 Å². The van der Waals surface area contributed by atoms with E-state index in [1.54, 1.807) is 0 Å². The molecule has 2 aromatic rings. The van der Waals surface area contributed by atoms with Gasteiger partial charge in [-0.1, -0.05) is 54.6 Å². The minimum atomic E-state index is 0.252. The van der Waals surface area contributed by atoms with Gasteiger partial charge in [-0.15, -0.1) is 0 Å². The molecular weight excluding hydrogens is 196 g/mol. The molecule has 1 aliphatic rings. The standard InChI is InChI=1S/C15H14O/c1-11-7-5-6-10-13(11)15-14(16-15)12-8-3-2-4-9-12/h2-10,14-15H,1H3. The third-order valence-electron chi connectivity index (χ3n) is 3.11. The van der Waals surface area contributed by atoms with Crippen LogP contribution in [-0.2, 0) is 4.74 Å². The zero-order chi connectivity index (χ0) is 11.0. The average Bonchev–Trinajstić information content (AvgIpc) is 3.11. The highest BCUT2D eigenvalue weighted by atomic mass is 16.6. The second kappa shape index (κ2) is 3.76. The highest BCUT2D eigenvalue weighted by Crippen LogP contribution is 2.51. The topological polar surface area (TPSA) is 12.5 Å². The summed E-state index contributed by atoms with van der Waals surface area (Å²) in [6.07, 6.45) is 0.505. The van der Waals surface area contributed by atoms with Crippen LogP contribution in [0.15, 0.2) is 54.6 Å². The first-order valence-corrected chi connectivity index (χ1v) is 5.62. The molecule has 2 aromatic carbocycles. The fourth-order valence-electron chi connectivity index (χ4n) is 2.15. The van der Waals surface area contributed by atoms with Gasteiger partial charge in [-0.3, -0.25) is 0 Å². The first kappa shape index (κ1) is 9.61. The van der Waals surface area contributed by atoms with Crippen molar-refractivity contribution >= 4 is 0 Å². The highest BCUT2D eigenvalue weighted by molar-refractivity contribution is 5.34. The minimum absolute atomic E-state index is 0.252. The minimum Gasteiger partial charge on any atom is -0.359 e. The molecular formula is C15H14O. The molecule has 0 spiro atoms. The van der Waals surface area contributed by atoms with Crippen LogP contribution in [0, 0.1) is 6.92 Å².